The molecule has 0 heterocycles. The Kier molecular flexibility index (Phi) is 5.05. The molecule has 0 aliphatic carbocycles. The highest BCUT2D eigenvalue weighted by Gasteiger charge is 2.13. The van der Waals surface area contributed by atoms with Gasteiger partial charge in [0.25, 0.3) is 0 Å². The molecule has 7 nitrogen and oxygen atoms in total. The van der Waals surface area contributed by atoms with E-state index in [0.29, 0.717) is 11.3 Å². The summed E-state index contributed by atoms with van der Waals surface area (Å²) in [6.45, 7) is 0. The lowest BCUT2D eigenvalue weighted by Crippen LogP contribution is -2.23. The Morgan fingerprint density at radius 3 is 2.63 bits per heavy atom. The Morgan fingerprint density at radius 1 is 1.47 bits per heavy atom. The molecule has 1 aromatic rings. The predicted molar refractivity (Wildman–Crippen MR) is 64.8 cm³/mol. The van der Waals surface area contributed by atoms with Gasteiger partial charge in [0.15, 0.2) is 22.3 Å². The Hall–Kier alpha value is -2.37. The van der Waals surface area contributed by atoms with Gasteiger partial charge in [-0.3, -0.25) is 0 Å². The molecule has 0 unspecified atom stereocenters. The average molecular weight is 284 g/mol. The van der Waals surface area contributed by atoms with Crippen LogP contribution in [0.25, 0.3) is 6.08 Å². The van der Waals surface area contributed by atoms with Gasteiger partial charge in [-0.05, 0) is 23.8 Å². The first-order valence-electron chi connectivity index (χ1n) is 4.96. The third kappa shape index (κ3) is 3.31. The van der Waals surface area contributed by atoms with Gasteiger partial charge in [0.05, 0.1) is 25.2 Å². The smallest absolute Gasteiger partial charge is 0.220 e. The molecule has 1 rings (SSSR count). The molecule has 0 fully saturated rings. The van der Waals surface area contributed by atoms with Crippen molar-refractivity contribution in [3.63, 3.8) is 0 Å². The standard InChI is InChI=1S/C11H10ClN3O4/c1-18-8-4-3-6(9(12)10(8)19-2)5-7(11(16)17)14-15-13/h3-5,13H,1-2H3/b7-5-. The van der Waals surface area contributed by atoms with Crippen molar-refractivity contribution >= 4 is 23.6 Å². The highest BCUT2D eigenvalue weighted by atomic mass is 35.5. The van der Waals surface area contributed by atoms with Crippen LogP contribution >= 0.6 is 11.6 Å². The quantitative estimate of drug-likeness (QED) is 0.494. The molecule has 19 heavy (non-hydrogen) atoms. The molecule has 0 atom stereocenters. The van der Waals surface area contributed by atoms with Crippen molar-refractivity contribution in [1.82, 2.24) is 4.91 Å². The van der Waals surface area contributed by atoms with E-state index >= 15 is 0 Å². The van der Waals surface area contributed by atoms with E-state index in [2.05, 4.69) is 10.0 Å². The first-order valence-corrected chi connectivity index (χ1v) is 5.34. The third-order valence-electron chi connectivity index (χ3n) is 2.17. The Bertz CT molecular complexity index is 576. The van der Waals surface area contributed by atoms with Crippen molar-refractivity contribution in [2.45, 2.75) is 0 Å². The zero-order valence-corrected chi connectivity index (χ0v) is 10.9. The third-order valence-corrected chi connectivity index (χ3v) is 2.56. The molecule has 0 bridgehead atoms. The maximum Gasteiger partial charge on any atom is 0.220 e. The number of carbonyl (C=O) groups is 1. The van der Waals surface area contributed by atoms with Crippen LogP contribution in [0.15, 0.2) is 22.9 Å². The molecule has 0 aliphatic heterocycles. The predicted octanol–water partition coefficient (Wildman–Crippen LogP) is 0.998. The van der Waals surface area contributed by atoms with Gasteiger partial charge in [-0.25, -0.2) is 0 Å². The summed E-state index contributed by atoms with van der Waals surface area (Å²) in [6, 6.07) is 3.08. The zero-order valence-electron chi connectivity index (χ0n) is 10.1. The lowest BCUT2D eigenvalue weighted by atomic mass is 10.1. The van der Waals surface area contributed by atoms with Gasteiger partial charge in [0.2, 0.25) is 4.91 Å². The Balaban J connectivity index is 3.40. The van der Waals surface area contributed by atoms with Gasteiger partial charge in [-0.2, -0.15) is 0 Å². The van der Waals surface area contributed by atoms with Crippen molar-refractivity contribution < 1.29 is 19.4 Å². The van der Waals surface area contributed by atoms with Gasteiger partial charge in [-0.15, -0.1) is 0 Å². The normalized spacial score (nSPS) is 10.6. The van der Waals surface area contributed by atoms with Crippen LogP contribution in [-0.4, -0.2) is 20.2 Å². The Morgan fingerprint density at radius 2 is 2.16 bits per heavy atom. The van der Waals surface area contributed by atoms with E-state index < -0.39 is 11.7 Å². The second-order valence-electron chi connectivity index (χ2n) is 3.22. The first kappa shape index (κ1) is 14.7. The minimum Gasteiger partial charge on any atom is -0.543 e. The second kappa shape index (κ2) is 6.53. The highest BCUT2D eigenvalue weighted by molar-refractivity contribution is 6.34. The van der Waals surface area contributed by atoms with Gasteiger partial charge >= 0.3 is 0 Å². The van der Waals surface area contributed by atoms with Crippen molar-refractivity contribution in [2.24, 2.45) is 5.11 Å². The van der Waals surface area contributed by atoms with E-state index in [-0.39, 0.29) is 10.8 Å². The maximum absolute atomic E-state index is 10.8. The number of nitrogens with zero attached hydrogens (tertiary/aromatic N) is 2. The van der Waals surface area contributed by atoms with Crippen molar-refractivity contribution in [2.75, 3.05) is 14.2 Å². The van der Waals surface area contributed by atoms with E-state index in [1.54, 1.807) is 6.07 Å². The maximum atomic E-state index is 10.8. The molecule has 1 aromatic carbocycles. The van der Waals surface area contributed by atoms with Crippen molar-refractivity contribution in [1.29, 1.82) is 5.53 Å². The molecule has 1 N–H and O–H groups in total. The van der Waals surface area contributed by atoms with Crippen LogP contribution in [0.4, 0.5) is 0 Å². The number of methoxy groups -OCH3 is 2. The molecule has 0 aromatic heterocycles. The topological polar surface area (TPSA) is 109 Å². The summed E-state index contributed by atoms with van der Waals surface area (Å²) in [4.78, 5) is 13.4. The molecule has 0 spiro atoms. The SMILES string of the molecule is COc1ccc(/C=C(\N=[N+]=N)C(=O)[O-])c(Cl)c1OC. The van der Waals surface area contributed by atoms with Gasteiger partial charge < -0.3 is 19.4 Å². The molecular weight excluding hydrogens is 274 g/mol. The minimum absolute atomic E-state index is 0.154. The number of ether oxygens (including phenoxy) is 2. The van der Waals surface area contributed by atoms with Gasteiger partial charge in [-0.1, -0.05) is 11.6 Å². The van der Waals surface area contributed by atoms with Crippen molar-refractivity contribution in [3.05, 3.63) is 28.4 Å². The van der Waals surface area contributed by atoms with Crippen molar-refractivity contribution in [3.8, 4) is 11.5 Å². The lowest BCUT2D eigenvalue weighted by molar-refractivity contribution is -0.299. The van der Waals surface area contributed by atoms with Crippen LogP contribution in [-0.2, 0) is 4.79 Å². The fraction of sp³-hybridized carbons (Fsp3) is 0.182. The number of hydrogen-bond donors (Lipinski definition) is 1. The molecule has 0 saturated carbocycles. The van der Waals surface area contributed by atoms with Crippen LogP contribution in [0.3, 0.4) is 0 Å². The molecule has 0 aliphatic rings. The number of halogens is 1. The first-order chi connectivity index (χ1) is 9.04. The molecule has 0 radical (unpaired) electrons. The number of carboxylic acids is 1. The van der Waals surface area contributed by atoms with Crippen LogP contribution in [0.1, 0.15) is 5.56 Å². The van der Waals surface area contributed by atoms with Crippen LogP contribution in [0, 0.1) is 5.53 Å². The number of nitrogens with one attached hydrogen (secondary N) is 1. The largest absolute Gasteiger partial charge is 0.543 e. The number of aliphatic carboxylic acids is 1. The number of carboxylic acid groups (broad SMARTS) is 1. The van der Waals surface area contributed by atoms with E-state index in [4.69, 9.17) is 26.6 Å². The molecule has 0 amide bonds. The highest BCUT2D eigenvalue weighted by Crippen LogP contribution is 2.38. The van der Waals surface area contributed by atoms with Crippen LogP contribution in [0.2, 0.25) is 5.02 Å². The fourth-order valence-electron chi connectivity index (χ4n) is 1.35. The van der Waals surface area contributed by atoms with E-state index in [9.17, 15) is 9.90 Å². The summed E-state index contributed by atoms with van der Waals surface area (Å²) in [5.74, 6) is -0.901. The molecule has 100 valence electrons. The molecule has 0 saturated heterocycles. The van der Waals surface area contributed by atoms with E-state index in [0.717, 1.165) is 6.08 Å². The van der Waals surface area contributed by atoms with Crippen LogP contribution in [0.5, 0.6) is 11.5 Å². The minimum atomic E-state index is -1.57. The second-order valence-corrected chi connectivity index (χ2v) is 3.60. The fourth-order valence-corrected chi connectivity index (χ4v) is 1.63. The Labute approximate surface area is 113 Å². The number of rotatable bonds is 5. The molecular formula is C11H10ClN3O4. The summed E-state index contributed by atoms with van der Waals surface area (Å²) < 4.78 is 10.1. The van der Waals surface area contributed by atoms with E-state index in [1.165, 1.54) is 20.3 Å². The summed E-state index contributed by atoms with van der Waals surface area (Å²) in [7, 11) is 2.85. The summed E-state index contributed by atoms with van der Waals surface area (Å²) >= 11 is 6.06. The lowest BCUT2D eigenvalue weighted by Gasteiger charge is -2.11. The van der Waals surface area contributed by atoms with Gasteiger partial charge in [0.1, 0.15) is 5.53 Å². The zero-order chi connectivity index (χ0) is 14.4. The summed E-state index contributed by atoms with van der Waals surface area (Å²) in [5, 5.41) is 14.0. The average Bonchev–Trinajstić information content (AvgIpc) is 2.39. The van der Waals surface area contributed by atoms with E-state index in [1.807, 2.05) is 0 Å². The summed E-state index contributed by atoms with van der Waals surface area (Å²) in [6.07, 6.45) is 1.12. The molecule has 8 heteroatoms. The van der Waals surface area contributed by atoms with Gasteiger partial charge in [0, 0.05) is 0 Å². The summed E-state index contributed by atoms with van der Waals surface area (Å²) in [5.41, 5.74) is 6.34. The number of benzene rings is 1. The monoisotopic (exact) mass is 283 g/mol. The number of carbonyl (C=O) groups excluding carboxylic acids is 1. The van der Waals surface area contributed by atoms with Crippen LogP contribution < -0.4 is 19.5 Å². The number of hydrogen-bond acceptors (Lipinski definition) is 6.